The minimum absolute atomic E-state index is 0.250. The molecule has 1 unspecified atom stereocenters. The zero-order valence-electron chi connectivity index (χ0n) is 11.6. The molecule has 0 aliphatic heterocycles. The van der Waals surface area contributed by atoms with Gasteiger partial charge in [-0.2, -0.15) is 0 Å². The number of likely N-dealkylation sites (N-methyl/N-ethyl adjacent to an activating group) is 1. The third-order valence-corrected chi connectivity index (χ3v) is 2.74. The van der Waals surface area contributed by atoms with Gasteiger partial charge in [0.1, 0.15) is 6.04 Å². The molecule has 18 heavy (non-hydrogen) atoms. The van der Waals surface area contributed by atoms with E-state index in [4.69, 9.17) is 5.73 Å². The molecule has 6 nitrogen and oxygen atoms in total. The van der Waals surface area contributed by atoms with Crippen molar-refractivity contribution < 1.29 is 4.79 Å². The fourth-order valence-electron chi connectivity index (χ4n) is 1.75. The smallest absolute Gasteiger partial charge is 0.240 e. The summed E-state index contributed by atoms with van der Waals surface area (Å²) in [7, 11) is 3.97. The van der Waals surface area contributed by atoms with Gasteiger partial charge in [-0.1, -0.05) is 0 Å². The number of nitrogens with one attached hydrogen (secondary N) is 1. The van der Waals surface area contributed by atoms with Gasteiger partial charge < -0.3 is 15.2 Å². The second-order valence-electron chi connectivity index (χ2n) is 4.91. The molecule has 0 saturated heterocycles. The Morgan fingerprint density at radius 3 is 2.72 bits per heavy atom. The van der Waals surface area contributed by atoms with Gasteiger partial charge in [-0.15, -0.1) is 0 Å². The lowest BCUT2D eigenvalue weighted by Crippen LogP contribution is -2.38. The topological polar surface area (TPSA) is 76.2 Å². The van der Waals surface area contributed by atoms with E-state index in [9.17, 15) is 4.79 Å². The normalized spacial score (nSPS) is 13.2. The third kappa shape index (κ3) is 3.82. The highest BCUT2D eigenvalue weighted by molar-refractivity contribution is 5.80. The van der Waals surface area contributed by atoms with E-state index in [1.54, 1.807) is 12.5 Å². The van der Waals surface area contributed by atoms with Gasteiger partial charge in [0.25, 0.3) is 0 Å². The summed E-state index contributed by atoms with van der Waals surface area (Å²) in [5, 5.41) is 3.17. The molecule has 0 radical (unpaired) electrons. The van der Waals surface area contributed by atoms with Gasteiger partial charge in [0.2, 0.25) is 5.91 Å². The summed E-state index contributed by atoms with van der Waals surface area (Å²) in [4.78, 5) is 17.7. The number of nitrogens with two attached hydrogens (primary N) is 1. The molecule has 0 aliphatic carbocycles. The van der Waals surface area contributed by atoms with Crippen LogP contribution in [0.5, 0.6) is 0 Å². The Bertz CT molecular complexity index is 386. The molecule has 0 saturated carbocycles. The average molecular weight is 253 g/mol. The maximum atomic E-state index is 11.6. The van der Waals surface area contributed by atoms with E-state index in [2.05, 4.69) is 10.3 Å². The van der Waals surface area contributed by atoms with E-state index in [0.29, 0.717) is 6.54 Å². The zero-order valence-corrected chi connectivity index (χ0v) is 11.6. The molecule has 1 amide bonds. The van der Waals surface area contributed by atoms with E-state index in [0.717, 1.165) is 12.2 Å². The number of aromatic nitrogens is 2. The van der Waals surface area contributed by atoms with Gasteiger partial charge >= 0.3 is 0 Å². The van der Waals surface area contributed by atoms with Crippen molar-refractivity contribution in [3.05, 3.63) is 18.2 Å². The molecule has 1 aromatic heterocycles. The number of hydrogen-bond donors (Lipinski definition) is 2. The Kier molecular flexibility index (Phi) is 5.30. The quantitative estimate of drug-likeness (QED) is 0.725. The molecule has 1 aromatic rings. The fraction of sp³-hybridized carbons (Fsp3) is 0.667. The molecule has 102 valence electrons. The van der Waals surface area contributed by atoms with E-state index in [1.807, 2.05) is 37.4 Å². The second-order valence-corrected chi connectivity index (χ2v) is 4.91. The van der Waals surface area contributed by atoms with Crippen LogP contribution in [-0.4, -0.2) is 47.5 Å². The first-order valence-electron chi connectivity index (χ1n) is 6.12. The predicted octanol–water partition coefficient (Wildman–Crippen LogP) is 0.142. The van der Waals surface area contributed by atoms with Gasteiger partial charge in [0.05, 0.1) is 18.2 Å². The number of carbonyl (C=O) groups excluding carboxylic acids is 1. The largest absolute Gasteiger partial charge is 0.368 e. The molecule has 0 bridgehead atoms. The first-order valence-corrected chi connectivity index (χ1v) is 6.12. The average Bonchev–Trinajstić information content (AvgIpc) is 2.72. The molecule has 1 atom stereocenters. The zero-order chi connectivity index (χ0) is 13.7. The summed E-state index contributed by atoms with van der Waals surface area (Å²) in [6.45, 7) is 5.63. The van der Waals surface area contributed by atoms with Crippen LogP contribution in [0.1, 0.15) is 31.6 Å². The first-order chi connectivity index (χ1) is 8.43. The van der Waals surface area contributed by atoms with Crippen LogP contribution in [0.2, 0.25) is 0 Å². The Morgan fingerprint density at radius 2 is 2.22 bits per heavy atom. The van der Waals surface area contributed by atoms with Crippen molar-refractivity contribution in [2.45, 2.75) is 25.9 Å². The molecular weight excluding hydrogens is 230 g/mol. The van der Waals surface area contributed by atoms with E-state index < -0.39 is 6.04 Å². The minimum atomic E-state index is -0.491. The maximum Gasteiger partial charge on any atom is 0.240 e. The van der Waals surface area contributed by atoms with Crippen LogP contribution in [0.4, 0.5) is 0 Å². The molecule has 3 N–H and O–H groups in total. The van der Waals surface area contributed by atoms with Crippen LogP contribution in [0.3, 0.4) is 0 Å². The van der Waals surface area contributed by atoms with Crippen molar-refractivity contribution in [2.75, 3.05) is 27.2 Å². The molecule has 6 heteroatoms. The summed E-state index contributed by atoms with van der Waals surface area (Å²) >= 11 is 0. The van der Waals surface area contributed by atoms with Crippen molar-refractivity contribution in [1.82, 2.24) is 19.8 Å². The Hall–Kier alpha value is -1.40. The highest BCUT2D eigenvalue weighted by Gasteiger charge is 2.21. The standard InChI is InChI=1S/C12H23N5O/c1-9(2)17-8-14-7-10(17)11(12(13)18)15-5-6-16(3)4/h7-9,11,15H,5-6H2,1-4H3,(H2,13,18). The predicted molar refractivity (Wildman–Crippen MR) is 71.1 cm³/mol. The number of nitrogens with zero attached hydrogens (tertiary/aromatic N) is 3. The van der Waals surface area contributed by atoms with Crippen LogP contribution in [0, 0.1) is 0 Å². The van der Waals surface area contributed by atoms with Crippen LogP contribution in [0.25, 0.3) is 0 Å². The maximum absolute atomic E-state index is 11.6. The van der Waals surface area contributed by atoms with Crippen molar-refractivity contribution in [1.29, 1.82) is 0 Å². The summed E-state index contributed by atoms with van der Waals surface area (Å²) in [6.07, 6.45) is 3.42. The summed E-state index contributed by atoms with van der Waals surface area (Å²) < 4.78 is 1.96. The number of hydrogen-bond acceptors (Lipinski definition) is 4. The van der Waals surface area contributed by atoms with Crippen molar-refractivity contribution in [3.8, 4) is 0 Å². The summed E-state index contributed by atoms with van der Waals surface area (Å²) in [5.74, 6) is -0.379. The SMILES string of the molecule is CC(C)n1cncc1C(NCCN(C)C)C(N)=O. The molecule has 1 heterocycles. The summed E-state index contributed by atoms with van der Waals surface area (Å²) in [5.41, 5.74) is 6.27. The lowest BCUT2D eigenvalue weighted by molar-refractivity contribution is -0.120. The van der Waals surface area contributed by atoms with Crippen molar-refractivity contribution >= 4 is 5.91 Å². The summed E-state index contributed by atoms with van der Waals surface area (Å²) in [6, 6.07) is -0.241. The number of rotatable bonds is 7. The van der Waals surface area contributed by atoms with Crippen LogP contribution < -0.4 is 11.1 Å². The van der Waals surface area contributed by atoms with E-state index >= 15 is 0 Å². The first kappa shape index (κ1) is 14.7. The van der Waals surface area contributed by atoms with Gasteiger partial charge in [0, 0.05) is 19.1 Å². The Morgan fingerprint density at radius 1 is 1.56 bits per heavy atom. The van der Waals surface area contributed by atoms with Gasteiger partial charge in [-0.25, -0.2) is 4.98 Å². The molecule has 0 spiro atoms. The van der Waals surface area contributed by atoms with E-state index in [-0.39, 0.29) is 11.9 Å². The van der Waals surface area contributed by atoms with Gasteiger partial charge in [-0.3, -0.25) is 10.1 Å². The molecule has 0 fully saturated rings. The Labute approximate surface area is 108 Å². The third-order valence-electron chi connectivity index (χ3n) is 2.74. The number of amides is 1. The lowest BCUT2D eigenvalue weighted by atomic mass is 10.2. The van der Waals surface area contributed by atoms with E-state index in [1.165, 1.54) is 0 Å². The number of primary amides is 1. The van der Waals surface area contributed by atoms with Crippen LogP contribution in [-0.2, 0) is 4.79 Å². The minimum Gasteiger partial charge on any atom is -0.368 e. The highest BCUT2D eigenvalue weighted by Crippen LogP contribution is 2.16. The van der Waals surface area contributed by atoms with Crippen LogP contribution >= 0.6 is 0 Å². The number of imidazole rings is 1. The molecule has 1 rings (SSSR count). The van der Waals surface area contributed by atoms with Crippen LogP contribution in [0.15, 0.2) is 12.5 Å². The number of carbonyl (C=O) groups is 1. The molecule has 0 aliphatic rings. The molecule has 0 aromatic carbocycles. The van der Waals surface area contributed by atoms with Gasteiger partial charge in [0.15, 0.2) is 0 Å². The fourth-order valence-corrected chi connectivity index (χ4v) is 1.75. The van der Waals surface area contributed by atoms with Crippen molar-refractivity contribution in [2.24, 2.45) is 5.73 Å². The highest BCUT2D eigenvalue weighted by atomic mass is 16.1. The Balaban J connectivity index is 2.78. The molecular formula is C12H23N5O. The van der Waals surface area contributed by atoms with Crippen molar-refractivity contribution in [3.63, 3.8) is 0 Å². The lowest BCUT2D eigenvalue weighted by Gasteiger charge is -2.20. The second kappa shape index (κ2) is 6.51. The monoisotopic (exact) mass is 253 g/mol. The van der Waals surface area contributed by atoms with Gasteiger partial charge in [-0.05, 0) is 27.9 Å².